The highest BCUT2D eigenvalue weighted by Crippen LogP contribution is 2.21. The molecule has 1 rings (SSSR count). The molecule has 1 heterocycles. The fourth-order valence-electron chi connectivity index (χ4n) is 1.49. The second-order valence-corrected chi connectivity index (χ2v) is 5.54. The molecule has 19 heavy (non-hydrogen) atoms. The highest BCUT2D eigenvalue weighted by Gasteiger charge is 2.17. The zero-order chi connectivity index (χ0) is 14.1. The van der Waals surface area contributed by atoms with Gasteiger partial charge in [0.25, 0.3) is 0 Å². The van der Waals surface area contributed by atoms with Gasteiger partial charge in [-0.15, -0.1) is 0 Å². The first-order valence-corrected chi connectivity index (χ1v) is 7.45. The maximum absolute atomic E-state index is 5.63. The highest BCUT2D eigenvalue weighted by molar-refractivity contribution is 8.15. The van der Waals surface area contributed by atoms with Crippen LogP contribution in [-0.2, 0) is 4.74 Å². The van der Waals surface area contributed by atoms with Gasteiger partial charge in [0.1, 0.15) is 5.04 Å². The van der Waals surface area contributed by atoms with Crippen molar-refractivity contribution in [1.82, 2.24) is 10.3 Å². The summed E-state index contributed by atoms with van der Waals surface area (Å²) >= 11 is 1.71. The fraction of sp³-hybridized carbons (Fsp3) is 0.571. The number of rotatable bonds is 7. The number of nitrogens with zero attached hydrogens (tertiary/aromatic N) is 2. The number of thioether (sulfide) groups is 1. The van der Waals surface area contributed by atoms with Crippen molar-refractivity contribution in [2.24, 2.45) is 4.99 Å². The predicted molar refractivity (Wildman–Crippen MR) is 82.8 cm³/mol. The van der Waals surface area contributed by atoms with Crippen LogP contribution in [0.4, 0.5) is 0 Å². The van der Waals surface area contributed by atoms with E-state index in [1.165, 1.54) is 0 Å². The van der Waals surface area contributed by atoms with E-state index in [0.717, 1.165) is 17.3 Å². The van der Waals surface area contributed by atoms with E-state index < -0.39 is 0 Å². The first-order valence-electron chi connectivity index (χ1n) is 6.57. The van der Waals surface area contributed by atoms with Crippen molar-refractivity contribution in [3.63, 3.8) is 0 Å². The zero-order valence-corrected chi connectivity index (χ0v) is 12.9. The first-order chi connectivity index (χ1) is 9.19. The van der Waals surface area contributed by atoms with Crippen molar-refractivity contribution in [1.29, 1.82) is 0 Å². The van der Waals surface area contributed by atoms with Crippen molar-refractivity contribution >= 4 is 16.8 Å². The Bertz CT molecular complexity index is 384. The van der Waals surface area contributed by atoms with Crippen LogP contribution in [0.25, 0.3) is 0 Å². The van der Waals surface area contributed by atoms with E-state index in [0.29, 0.717) is 11.9 Å². The van der Waals surface area contributed by atoms with E-state index in [1.54, 1.807) is 18.0 Å². The number of hydrogen-bond acceptors (Lipinski definition) is 5. The lowest BCUT2D eigenvalue weighted by molar-refractivity contribution is 0.0780. The van der Waals surface area contributed by atoms with Gasteiger partial charge in [-0.05, 0) is 33.0 Å². The maximum atomic E-state index is 5.63. The lowest BCUT2D eigenvalue weighted by atomic mass is 10.3. The Morgan fingerprint density at radius 3 is 2.84 bits per heavy atom. The smallest absolute Gasteiger partial charge is 0.118 e. The lowest BCUT2D eigenvalue weighted by Gasteiger charge is -2.20. The second-order valence-electron chi connectivity index (χ2n) is 4.17. The van der Waals surface area contributed by atoms with Gasteiger partial charge in [-0.25, -0.2) is 0 Å². The van der Waals surface area contributed by atoms with Crippen LogP contribution in [0, 0.1) is 0 Å². The molecule has 0 saturated heterocycles. The molecule has 2 atom stereocenters. The van der Waals surface area contributed by atoms with Crippen LogP contribution in [-0.4, -0.2) is 41.7 Å². The van der Waals surface area contributed by atoms with E-state index in [-0.39, 0.29) is 6.10 Å². The fourth-order valence-corrected chi connectivity index (χ4v) is 2.49. The van der Waals surface area contributed by atoms with Gasteiger partial charge in [0.05, 0.1) is 18.5 Å². The number of ether oxygens (including phenoxy) is 1. The van der Waals surface area contributed by atoms with E-state index in [1.807, 2.05) is 32.2 Å². The molecule has 0 fully saturated rings. The van der Waals surface area contributed by atoms with Crippen molar-refractivity contribution in [2.75, 3.05) is 20.3 Å². The number of pyridine rings is 1. The van der Waals surface area contributed by atoms with E-state index in [9.17, 15) is 0 Å². The van der Waals surface area contributed by atoms with Gasteiger partial charge in [0, 0.05) is 18.1 Å². The maximum Gasteiger partial charge on any atom is 0.118 e. The normalized spacial score (nSPS) is 15.3. The average Bonchev–Trinajstić information content (AvgIpc) is 2.44. The molecule has 0 saturated carbocycles. The van der Waals surface area contributed by atoms with E-state index in [2.05, 4.69) is 29.1 Å². The summed E-state index contributed by atoms with van der Waals surface area (Å²) in [6.45, 7) is 7.59. The molecule has 0 spiro atoms. The molecule has 1 aromatic rings. The van der Waals surface area contributed by atoms with Crippen molar-refractivity contribution in [2.45, 2.75) is 32.1 Å². The second kappa shape index (κ2) is 9.07. The van der Waals surface area contributed by atoms with Gasteiger partial charge in [0.2, 0.25) is 0 Å². The van der Waals surface area contributed by atoms with E-state index in [4.69, 9.17) is 4.74 Å². The van der Waals surface area contributed by atoms with Gasteiger partial charge in [-0.3, -0.25) is 9.98 Å². The summed E-state index contributed by atoms with van der Waals surface area (Å²) in [6, 6.07) is 5.88. The molecule has 0 bridgehead atoms. The molecule has 5 heteroatoms. The summed E-state index contributed by atoms with van der Waals surface area (Å²) in [4.78, 5) is 8.92. The standard InChI is InChI=1S/C14H23N3OS/c1-5-18-11(2)12(3)19-14(17-10-15-4)13-8-6-7-9-16-13/h6-9,11-12,15H,5,10H2,1-4H3/b17-14-/t11-,12?/m0/s1. The predicted octanol–water partition coefficient (Wildman–Crippen LogP) is 2.55. The van der Waals surface area contributed by atoms with Gasteiger partial charge >= 0.3 is 0 Å². The van der Waals surface area contributed by atoms with Crippen LogP contribution in [0.1, 0.15) is 26.5 Å². The Kier molecular flexibility index (Phi) is 7.70. The van der Waals surface area contributed by atoms with Crippen LogP contribution < -0.4 is 5.32 Å². The van der Waals surface area contributed by atoms with Crippen LogP contribution in [0.15, 0.2) is 29.4 Å². The molecule has 1 N–H and O–H groups in total. The van der Waals surface area contributed by atoms with Crippen LogP contribution >= 0.6 is 11.8 Å². The molecule has 0 aliphatic carbocycles. The Labute approximate surface area is 120 Å². The summed E-state index contributed by atoms with van der Waals surface area (Å²) in [5.41, 5.74) is 0.915. The summed E-state index contributed by atoms with van der Waals surface area (Å²) in [5, 5.41) is 4.32. The third-order valence-electron chi connectivity index (χ3n) is 2.65. The molecule has 0 radical (unpaired) electrons. The Hall–Kier alpha value is -0.910. The number of aliphatic imine (C=N–C) groups is 1. The molecule has 0 aliphatic rings. The third kappa shape index (κ3) is 5.72. The zero-order valence-electron chi connectivity index (χ0n) is 12.1. The van der Waals surface area contributed by atoms with E-state index >= 15 is 0 Å². The molecule has 106 valence electrons. The Balaban J connectivity index is 2.76. The lowest BCUT2D eigenvalue weighted by Crippen LogP contribution is -2.22. The summed E-state index contributed by atoms with van der Waals surface area (Å²) < 4.78 is 5.63. The first kappa shape index (κ1) is 16.1. The van der Waals surface area contributed by atoms with Crippen LogP contribution in [0.5, 0.6) is 0 Å². The molecule has 4 nitrogen and oxygen atoms in total. The monoisotopic (exact) mass is 281 g/mol. The molecule has 0 amide bonds. The average molecular weight is 281 g/mol. The van der Waals surface area contributed by atoms with Crippen molar-refractivity contribution in [3.05, 3.63) is 30.1 Å². The molecule has 1 unspecified atom stereocenters. The molecule has 0 aliphatic heterocycles. The minimum Gasteiger partial charge on any atom is -0.378 e. The van der Waals surface area contributed by atoms with Gasteiger partial charge < -0.3 is 10.1 Å². The third-order valence-corrected chi connectivity index (χ3v) is 3.97. The quantitative estimate of drug-likeness (QED) is 0.616. The topological polar surface area (TPSA) is 46.5 Å². The minimum atomic E-state index is 0.193. The van der Waals surface area contributed by atoms with Crippen LogP contribution in [0.2, 0.25) is 0 Å². The van der Waals surface area contributed by atoms with Gasteiger partial charge in [-0.1, -0.05) is 24.8 Å². The summed E-state index contributed by atoms with van der Waals surface area (Å²) in [7, 11) is 1.89. The number of aromatic nitrogens is 1. The molecular weight excluding hydrogens is 258 g/mol. The van der Waals surface area contributed by atoms with Crippen molar-refractivity contribution < 1.29 is 4.74 Å². The molecular formula is C14H23N3OS. The number of hydrogen-bond donors (Lipinski definition) is 1. The van der Waals surface area contributed by atoms with Gasteiger partial charge in [0.15, 0.2) is 0 Å². The Morgan fingerprint density at radius 2 is 2.26 bits per heavy atom. The molecule has 1 aromatic heterocycles. The summed E-state index contributed by atoms with van der Waals surface area (Å²) in [5.74, 6) is 0. The SMILES string of the molecule is CCO[C@@H](C)C(C)S/C(=N\CNC)c1ccccn1. The minimum absolute atomic E-state index is 0.193. The largest absolute Gasteiger partial charge is 0.378 e. The number of nitrogens with one attached hydrogen (secondary N) is 1. The highest BCUT2D eigenvalue weighted by atomic mass is 32.2. The van der Waals surface area contributed by atoms with Gasteiger partial charge in [-0.2, -0.15) is 0 Å². The molecule has 0 aromatic carbocycles. The van der Waals surface area contributed by atoms with Crippen LogP contribution in [0.3, 0.4) is 0 Å². The Morgan fingerprint density at radius 1 is 1.47 bits per heavy atom. The summed E-state index contributed by atoms with van der Waals surface area (Å²) in [6.07, 6.45) is 1.99. The van der Waals surface area contributed by atoms with Crippen molar-refractivity contribution in [3.8, 4) is 0 Å².